The molecule has 0 aromatic rings. The van der Waals surface area contributed by atoms with Crippen molar-refractivity contribution in [3.63, 3.8) is 0 Å². The molecule has 1 unspecified atom stereocenters. The van der Waals surface area contributed by atoms with Crippen LogP contribution in [0.1, 0.15) is 73.1 Å². The number of Topliss-reactive ketones (excluding diaryl/α,β-unsaturated/α-hetero) is 1. The summed E-state index contributed by atoms with van der Waals surface area (Å²) >= 11 is 0. The van der Waals surface area contributed by atoms with Gasteiger partial charge in [-0.05, 0) is 77.3 Å². The second-order valence-corrected chi connectivity index (χ2v) is 8.88. The third kappa shape index (κ3) is 4.07. The van der Waals surface area contributed by atoms with Gasteiger partial charge in [0.05, 0.1) is 0 Å². The highest BCUT2D eigenvalue weighted by molar-refractivity contribution is 5.82. The maximum atomic E-state index is 12.3. The molecule has 2 fully saturated rings. The number of carbonyl (C=O) groups is 1. The normalized spacial score (nSPS) is 29.6. The van der Waals surface area contributed by atoms with Crippen LogP contribution >= 0.6 is 0 Å². The van der Waals surface area contributed by atoms with Gasteiger partial charge in [-0.3, -0.25) is 9.69 Å². The summed E-state index contributed by atoms with van der Waals surface area (Å²) in [7, 11) is 0. The second kappa shape index (κ2) is 5.79. The van der Waals surface area contributed by atoms with Crippen LogP contribution in [0.25, 0.3) is 0 Å². The molecule has 1 saturated heterocycles. The molecule has 1 heterocycles. The molecule has 2 aliphatic rings. The lowest BCUT2D eigenvalue weighted by molar-refractivity contribution is -0.128. The summed E-state index contributed by atoms with van der Waals surface area (Å²) in [6.07, 6.45) is 6.88. The molecule has 0 aromatic heterocycles. The van der Waals surface area contributed by atoms with E-state index < -0.39 is 0 Å². The summed E-state index contributed by atoms with van der Waals surface area (Å²) in [5, 5.41) is 0. The van der Waals surface area contributed by atoms with Crippen LogP contribution in [0.4, 0.5) is 0 Å². The van der Waals surface area contributed by atoms with Crippen LogP contribution in [0, 0.1) is 17.3 Å². The summed E-state index contributed by atoms with van der Waals surface area (Å²) < 4.78 is 0. The van der Waals surface area contributed by atoms with Gasteiger partial charge in [-0.2, -0.15) is 0 Å². The quantitative estimate of drug-likeness (QED) is 0.752. The third-order valence-electron chi connectivity index (χ3n) is 5.46. The highest BCUT2D eigenvalue weighted by Crippen LogP contribution is 2.39. The first-order valence-corrected chi connectivity index (χ1v) is 8.45. The lowest BCUT2D eigenvalue weighted by atomic mass is 9.69. The van der Waals surface area contributed by atoms with E-state index >= 15 is 0 Å². The molecule has 1 atom stereocenters. The summed E-state index contributed by atoms with van der Waals surface area (Å²) in [6.45, 7) is 13.8. The predicted molar refractivity (Wildman–Crippen MR) is 84.8 cm³/mol. The van der Waals surface area contributed by atoms with E-state index in [0.29, 0.717) is 17.2 Å². The highest BCUT2D eigenvalue weighted by Gasteiger charge is 2.35. The maximum absolute atomic E-state index is 12.3. The molecular formula is C18H33NO. The zero-order valence-electron chi connectivity index (χ0n) is 14.2. The third-order valence-corrected chi connectivity index (χ3v) is 5.46. The average molecular weight is 279 g/mol. The van der Waals surface area contributed by atoms with E-state index in [9.17, 15) is 4.79 Å². The molecule has 2 heteroatoms. The number of piperidine rings is 1. The zero-order chi connectivity index (χ0) is 15.0. The first-order valence-electron chi connectivity index (χ1n) is 8.45. The van der Waals surface area contributed by atoms with Gasteiger partial charge < -0.3 is 0 Å². The minimum Gasteiger partial charge on any atom is -0.299 e. The minimum atomic E-state index is 0.253. The molecule has 1 aliphatic heterocycles. The van der Waals surface area contributed by atoms with Gasteiger partial charge in [-0.1, -0.05) is 13.8 Å². The first-order chi connectivity index (χ1) is 9.17. The Morgan fingerprint density at radius 1 is 1.15 bits per heavy atom. The summed E-state index contributed by atoms with van der Waals surface area (Å²) in [5.41, 5.74) is 0.554. The van der Waals surface area contributed by atoms with Crippen molar-refractivity contribution in [3.8, 4) is 0 Å². The summed E-state index contributed by atoms with van der Waals surface area (Å²) in [6, 6.07) is 0. The smallest absolute Gasteiger partial charge is 0.136 e. The summed E-state index contributed by atoms with van der Waals surface area (Å²) in [4.78, 5) is 14.9. The van der Waals surface area contributed by atoms with Gasteiger partial charge in [0.25, 0.3) is 0 Å². The van der Waals surface area contributed by atoms with E-state index in [0.717, 1.165) is 25.2 Å². The highest BCUT2D eigenvalue weighted by atomic mass is 16.1. The summed E-state index contributed by atoms with van der Waals surface area (Å²) in [5.74, 6) is 1.69. The van der Waals surface area contributed by atoms with E-state index in [2.05, 4.69) is 39.5 Å². The molecule has 0 spiro atoms. The zero-order valence-corrected chi connectivity index (χ0v) is 14.2. The fraction of sp³-hybridized carbons (Fsp3) is 0.944. The molecule has 1 saturated carbocycles. The molecule has 0 amide bonds. The Hall–Kier alpha value is -0.370. The van der Waals surface area contributed by atoms with Crippen molar-refractivity contribution >= 4 is 5.78 Å². The van der Waals surface area contributed by atoms with E-state index in [-0.39, 0.29) is 5.41 Å². The van der Waals surface area contributed by atoms with E-state index in [4.69, 9.17) is 0 Å². The molecule has 0 N–H and O–H groups in total. The first kappa shape index (κ1) is 16.0. The number of hydrogen-bond donors (Lipinski definition) is 0. The monoisotopic (exact) mass is 279 g/mol. The van der Waals surface area contributed by atoms with Crippen molar-refractivity contribution in [3.05, 3.63) is 0 Å². The molecular weight excluding hydrogens is 246 g/mol. The second-order valence-electron chi connectivity index (χ2n) is 8.88. The number of likely N-dealkylation sites (tertiary alicyclic amines) is 1. The molecule has 116 valence electrons. The number of rotatable bonds is 2. The van der Waals surface area contributed by atoms with Crippen LogP contribution in [0.3, 0.4) is 0 Å². The van der Waals surface area contributed by atoms with Crippen LogP contribution in [0.15, 0.2) is 0 Å². The Balaban J connectivity index is 1.80. The van der Waals surface area contributed by atoms with Crippen molar-refractivity contribution in [1.82, 2.24) is 4.90 Å². The molecule has 1 aliphatic carbocycles. The lowest BCUT2D eigenvalue weighted by Crippen LogP contribution is -2.46. The van der Waals surface area contributed by atoms with Crippen LogP contribution in [0.2, 0.25) is 0 Å². The van der Waals surface area contributed by atoms with Crippen molar-refractivity contribution in [2.45, 2.75) is 78.7 Å². The fourth-order valence-electron chi connectivity index (χ4n) is 3.92. The predicted octanol–water partition coefficient (Wildman–Crippen LogP) is 4.28. The average Bonchev–Trinajstić information content (AvgIpc) is 2.32. The number of hydrogen-bond acceptors (Lipinski definition) is 2. The van der Waals surface area contributed by atoms with E-state index in [1.54, 1.807) is 0 Å². The van der Waals surface area contributed by atoms with Gasteiger partial charge in [0.2, 0.25) is 0 Å². The Kier molecular flexibility index (Phi) is 4.63. The maximum Gasteiger partial charge on any atom is 0.136 e. The Morgan fingerprint density at radius 3 is 2.25 bits per heavy atom. The molecule has 0 radical (unpaired) electrons. The van der Waals surface area contributed by atoms with Crippen LogP contribution in [0.5, 0.6) is 0 Å². The minimum absolute atomic E-state index is 0.253. The van der Waals surface area contributed by atoms with E-state index in [1.165, 1.54) is 32.4 Å². The molecule has 2 nitrogen and oxygen atoms in total. The van der Waals surface area contributed by atoms with Gasteiger partial charge in [0.1, 0.15) is 5.78 Å². The Morgan fingerprint density at radius 2 is 1.75 bits per heavy atom. The van der Waals surface area contributed by atoms with Gasteiger partial charge in [0, 0.05) is 17.9 Å². The number of ketones is 1. The van der Waals surface area contributed by atoms with Gasteiger partial charge in [-0.15, -0.1) is 0 Å². The van der Waals surface area contributed by atoms with Crippen molar-refractivity contribution < 1.29 is 4.79 Å². The van der Waals surface area contributed by atoms with Crippen molar-refractivity contribution in [2.75, 3.05) is 13.1 Å². The molecule has 20 heavy (non-hydrogen) atoms. The van der Waals surface area contributed by atoms with E-state index in [1.807, 2.05) is 0 Å². The van der Waals surface area contributed by atoms with Crippen molar-refractivity contribution in [1.29, 1.82) is 0 Å². The largest absolute Gasteiger partial charge is 0.299 e. The molecule has 0 bridgehead atoms. The topological polar surface area (TPSA) is 20.3 Å². The molecule has 2 rings (SSSR count). The van der Waals surface area contributed by atoms with Crippen LogP contribution < -0.4 is 0 Å². The fourth-order valence-corrected chi connectivity index (χ4v) is 3.92. The van der Waals surface area contributed by atoms with Crippen LogP contribution in [-0.2, 0) is 4.79 Å². The Bertz CT molecular complexity index is 345. The van der Waals surface area contributed by atoms with Crippen molar-refractivity contribution in [2.24, 2.45) is 17.3 Å². The van der Waals surface area contributed by atoms with Crippen LogP contribution in [-0.4, -0.2) is 29.3 Å². The lowest BCUT2D eigenvalue weighted by Gasteiger charge is -2.42. The Labute approximate surface area is 125 Å². The number of carbonyl (C=O) groups excluding carboxylic acids is 1. The standard InChI is InChI=1S/C18H33NO/c1-17(2,3)19-10-7-14(8-11-19)12-15-6-9-18(4,5)13-16(15)20/h14-15H,6-13H2,1-5H3. The van der Waals surface area contributed by atoms with Gasteiger partial charge in [-0.25, -0.2) is 0 Å². The number of nitrogens with zero attached hydrogens (tertiary/aromatic N) is 1. The van der Waals surface area contributed by atoms with Gasteiger partial charge >= 0.3 is 0 Å². The SMILES string of the molecule is CC1(C)CCC(CC2CCN(C(C)(C)C)CC2)C(=O)C1. The molecule has 0 aromatic carbocycles. The van der Waals surface area contributed by atoms with Gasteiger partial charge in [0.15, 0.2) is 0 Å².